The van der Waals surface area contributed by atoms with Crippen molar-refractivity contribution in [1.29, 1.82) is 0 Å². The van der Waals surface area contributed by atoms with Gasteiger partial charge in [-0.05, 0) is 38.8 Å². The summed E-state index contributed by atoms with van der Waals surface area (Å²) in [4.78, 5) is 16.2. The number of nitrogens with zero attached hydrogens (tertiary/aromatic N) is 1. The third-order valence-electron chi connectivity index (χ3n) is 3.25. The molecule has 1 saturated heterocycles. The second kappa shape index (κ2) is 6.52. The zero-order chi connectivity index (χ0) is 13.7. The molecule has 0 aliphatic carbocycles. The zero-order valence-corrected chi connectivity index (χ0v) is 11.5. The number of pyridine rings is 1. The van der Waals surface area contributed by atoms with E-state index in [1.54, 1.807) is 12.1 Å². The highest BCUT2D eigenvalue weighted by Crippen LogP contribution is 2.15. The Morgan fingerprint density at radius 2 is 2.47 bits per heavy atom. The predicted octanol–water partition coefficient (Wildman–Crippen LogP) is 1.95. The number of amides is 1. The molecule has 2 unspecified atom stereocenters. The van der Waals surface area contributed by atoms with E-state index in [1.165, 1.54) is 0 Å². The fourth-order valence-corrected chi connectivity index (χ4v) is 1.96. The van der Waals surface area contributed by atoms with Crippen molar-refractivity contribution < 1.29 is 9.53 Å². The Morgan fingerprint density at radius 3 is 3.16 bits per heavy atom. The lowest BCUT2D eigenvalue weighted by atomic mass is 10.2. The van der Waals surface area contributed by atoms with Gasteiger partial charge in [-0.15, -0.1) is 0 Å². The SMILES string of the molecule is CCC(C)Oc1cccc(NC(=O)C2CCCN2)n1. The van der Waals surface area contributed by atoms with E-state index in [-0.39, 0.29) is 18.1 Å². The van der Waals surface area contributed by atoms with Gasteiger partial charge in [0.15, 0.2) is 0 Å². The molecule has 104 valence electrons. The molecule has 0 radical (unpaired) electrons. The summed E-state index contributed by atoms with van der Waals surface area (Å²) in [5.41, 5.74) is 0. The quantitative estimate of drug-likeness (QED) is 0.852. The molecular weight excluding hydrogens is 242 g/mol. The van der Waals surface area contributed by atoms with Gasteiger partial charge in [0.1, 0.15) is 5.82 Å². The summed E-state index contributed by atoms with van der Waals surface area (Å²) in [7, 11) is 0. The fraction of sp³-hybridized carbons (Fsp3) is 0.571. The number of hydrogen-bond donors (Lipinski definition) is 2. The largest absolute Gasteiger partial charge is 0.475 e. The summed E-state index contributed by atoms with van der Waals surface area (Å²) in [6.07, 6.45) is 2.97. The second-order valence-corrected chi connectivity index (χ2v) is 4.84. The highest BCUT2D eigenvalue weighted by atomic mass is 16.5. The smallest absolute Gasteiger partial charge is 0.242 e. The molecule has 5 heteroatoms. The van der Waals surface area contributed by atoms with Crippen molar-refractivity contribution in [3.05, 3.63) is 18.2 Å². The molecule has 0 bridgehead atoms. The molecule has 1 aliphatic heterocycles. The van der Waals surface area contributed by atoms with Gasteiger partial charge >= 0.3 is 0 Å². The standard InChI is InChI=1S/C14H21N3O2/c1-3-10(2)19-13-8-4-7-12(16-13)17-14(18)11-6-5-9-15-11/h4,7-8,10-11,15H,3,5-6,9H2,1-2H3,(H,16,17,18). The van der Waals surface area contributed by atoms with Crippen LogP contribution in [0.25, 0.3) is 0 Å². The van der Waals surface area contributed by atoms with E-state index in [0.717, 1.165) is 25.8 Å². The van der Waals surface area contributed by atoms with E-state index in [9.17, 15) is 4.79 Å². The molecule has 1 amide bonds. The van der Waals surface area contributed by atoms with Crippen molar-refractivity contribution in [2.24, 2.45) is 0 Å². The Balaban J connectivity index is 1.96. The normalized spacial score (nSPS) is 20.0. The van der Waals surface area contributed by atoms with Crippen LogP contribution in [-0.2, 0) is 4.79 Å². The Bertz CT molecular complexity index is 430. The second-order valence-electron chi connectivity index (χ2n) is 4.84. The lowest BCUT2D eigenvalue weighted by Crippen LogP contribution is -2.35. The molecule has 19 heavy (non-hydrogen) atoms. The maximum Gasteiger partial charge on any atom is 0.242 e. The number of ether oxygens (including phenoxy) is 1. The first-order valence-electron chi connectivity index (χ1n) is 6.87. The summed E-state index contributed by atoms with van der Waals surface area (Å²) in [6.45, 7) is 4.96. The molecule has 0 saturated carbocycles. The van der Waals surface area contributed by atoms with Gasteiger partial charge in [-0.3, -0.25) is 4.79 Å². The van der Waals surface area contributed by atoms with Crippen LogP contribution in [-0.4, -0.2) is 29.6 Å². The van der Waals surface area contributed by atoms with Crippen LogP contribution in [0, 0.1) is 0 Å². The van der Waals surface area contributed by atoms with Crippen molar-refractivity contribution >= 4 is 11.7 Å². The van der Waals surface area contributed by atoms with Crippen LogP contribution < -0.4 is 15.4 Å². The molecule has 1 fully saturated rings. The number of hydrogen-bond acceptors (Lipinski definition) is 4. The summed E-state index contributed by atoms with van der Waals surface area (Å²) in [5, 5.41) is 5.98. The number of carbonyl (C=O) groups is 1. The average Bonchev–Trinajstić information content (AvgIpc) is 2.93. The van der Waals surface area contributed by atoms with E-state index >= 15 is 0 Å². The van der Waals surface area contributed by atoms with Crippen LogP contribution >= 0.6 is 0 Å². The maximum atomic E-state index is 11.9. The van der Waals surface area contributed by atoms with Gasteiger partial charge < -0.3 is 15.4 Å². The van der Waals surface area contributed by atoms with Gasteiger partial charge in [0.2, 0.25) is 11.8 Å². The van der Waals surface area contributed by atoms with Crippen molar-refractivity contribution in [3.8, 4) is 5.88 Å². The molecule has 1 aromatic heterocycles. The minimum absolute atomic E-state index is 0.0225. The molecule has 2 atom stereocenters. The van der Waals surface area contributed by atoms with Crippen LogP contribution in [0.4, 0.5) is 5.82 Å². The van der Waals surface area contributed by atoms with Crippen LogP contribution in [0.15, 0.2) is 18.2 Å². The first kappa shape index (κ1) is 13.8. The highest BCUT2D eigenvalue weighted by Gasteiger charge is 2.22. The number of carbonyl (C=O) groups excluding carboxylic acids is 1. The Labute approximate surface area is 113 Å². The molecule has 1 aliphatic rings. The molecule has 2 heterocycles. The van der Waals surface area contributed by atoms with Gasteiger partial charge in [0, 0.05) is 6.07 Å². The minimum Gasteiger partial charge on any atom is -0.475 e. The third kappa shape index (κ3) is 3.92. The van der Waals surface area contributed by atoms with E-state index in [2.05, 4.69) is 22.5 Å². The zero-order valence-electron chi connectivity index (χ0n) is 11.5. The predicted molar refractivity (Wildman–Crippen MR) is 74.3 cm³/mol. The molecule has 2 rings (SSSR count). The van der Waals surface area contributed by atoms with E-state index in [0.29, 0.717) is 11.7 Å². The highest BCUT2D eigenvalue weighted by molar-refractivity contribution is 5.94. The maximum absolute atomic E-state index is 11.9. The van der Waals surface area contributed by atoms with Crippen molar-refractivity contribution in [2.75, 3.05) is 11.9 Å². The van der Waals surface area contributed by atoms with Gasteiger partial charge in [0.05, 0.1) is 12.1 Å². The Hall–Kier alpha value is -1.62. The lowest BCUT2D eigenvalue weighted by Gasteiger charge is -2.13. The first-order chi connectivity index (χ1) is 9.19. The number of anilines is 1. The van der Waals surface area contributed by atoms with Crippen molar-refractivity contribution in [1.82, 2.24) is 10.3 Å². The molecule has 0 spiro atoms. The minimum atomic E-state index is -0.0964. The topological polar surface area (TPSA) is 63.2 Å². The van der Waals surface area contributed by atoms with Crippen LogP contribution in [0.5, 0.6) is 5.88 Å². The number of nitrogens with one attached hydrogen (secondary N) is 2. The first-order valence-corrected chi connectivity index (χ1v) is 6.87. The Kier molecular flexibility index (Phi) is 4.74. The van der Waals surface area contributed by atoms with E-state index in [1.807, 2.05) is 13.0 Å². The van der Waals surface area contributed by atoms with E-state index in [4.69, 9.17) is 4.74 Å². The monoisotopic (exact) mass is 263 g/mol. The molecule has 2 N–H and O–H groups in total. The van der Waals surface area contributed by atoms with Crippen LogP contribution in [0.1, 0.15) is 33.1 Å². The molecule has 0 aromatic carbocycles. The summed E-state index contributed by atoms with van der Waals surface area (Å²) in [5.74, 6) is 1.07. The third-order valence-corrected chi connectivity index (χ3v) is 3.25. The molecule has 1 aromatic rings. The summed E-state index contributed by atoms with van der Waals surface area (Å²) < 4.78 is 5.63. The fourth-order valence-electron chi connectivity index (χ4n) is 1.96. The van der Waals surface area contributed by atoms with Gasteiger partial charge in [0.25, 0.3) is 0 Å². The van der Waals surface area contributed by atoms with E-state index < -0.39 is 0 Å². The number of aromatic nitrogens is 1. The lowest BCUT2D eigenvalue weighted by molar-refractivity contribution is -0.117. The van der Waals surface area contributed by atoms with Gasteiger partial charge in [-0.25, -0.2) is 0 Å². The average molecular weight is 263 g/mol. The summed E-state index contributed by atoms with van der Waals surface area (Å²) in [6, 6.07) is 5.31. The van der Waals surface area contributed by atoms with Crippen LogP contribution in [0.2, 0.25) is 0 Å². The van der Waals surface area contributed by atoms with Crippen LogP contribution in [0.3, 0.4) is 0 Å². The number of rotatable bonds is 5. The molecular formula is C14H21N3O2. The summed E-state index contributed by atoms with van der Waals surface area (Å²) >= 11 is 0. The molecule has 5 nitrogen and oxygen atoms in total. The Morgan fingerprint density at radius 1 is 1.63 bits per heavy atom. The van der Waals surface area contributed by atoms with Crippen molar-refractivity contribution in [2.45, 2.75) is 45.3 Å². The van der Waals surface area contributed by atoms with Gasteiger partial charge in [-0.2, -0.15) is 4.98 Å². The van der Waals surface area contributed by atoms with Gasteiger partial charge in [-0.1, -0.05) is 13.0 Å². The van der Waals surface area contributed by atoms with Crippen molar-refractivity contribution in [3.63, 3.8) is 0 Å².